The summed E-state index contributed by atoms with van der Waals surface area (Å²) in [6.07, 6.45) is 2.42. The van der Waals surface area contributed by atoms with Crippen LogP contribution in [0.15, 0.2) is 74.7 Å². The predicted octanol–water partition coefficient (Wildman–Crippen LogP) is 6.35. The Labute approximate surface area is 210 Å². The maximum Gasteiger partial charge on any atom is 0.271 e. The van der Waals surface area contributed by atoms with Crippen molar-refractivity contribution >= 4 is 44.0 Å². The highest BCUT2D eigenvalue weighted by atomic mass is 79.9. The molecule has 3 aromatic carbocycles. The van der Waals surface area contributed by atoms with Crippen LogP contribution in [-0.4, -0.2) is 25.8 Å². The van der Waals surface area contributed by atoms with Crippen molar-refractivity contribution in [1.82, 2.24) is 5.43 Å². The lowest BCUT2D eigenvalue weighted by atomic mass is 10.2. The van der Waals surface area contributed by atoms with Gasteiger partial charge in [0.05, 0.1) is 24.4 Å². The van der Waals surface area contributed by atoms with Gasteiger partial charge in [-0.15, -0.1) is 0 Å². The van der Waals surface area contributed by atoms with Crippen molar-refractivity contribution in [3.8, 4) is 17.2 Å². The molecular weight excluding hydrogens is 552 g/mol. The first kappa shape index (κ1) is 24.8. The molecule has 3 rings (SSSR count). The lowest BCUT2D eigenvalue weighted by Gasteiger charge is -2.12. The third kappa shape index (κ3) is 7.07. The lowest BCUT2D eigenvalue weighted by molar-refractivity contribution is 0.0954. The van der Waals surface area contributed by atoms with Crippen LogP contribution in [0.2, 0.25) is 0 Å². The van der Waals surface area contributed by atoms with Gasteiger partial charge in [0.15, 0.2) is 11.5 Å². The number of benzene rings is 3. The number of nitrogens with zero attached hydrogens (tertiary/aromatic N) is 1. The van der Waals surface area contributed by atoms with Crippen molar-refractivity contribution in [2.75, 3.05) is 13.7 Å². The fourth-order valence-corrected chi connectivity index (χ4v) is 4.30. The third-order valence-electron chi connectivity index (χ3n) is 4.52. The Balaban J connectivity index is 1.72. The molecule has 0 heterocycles. The molecule has 33 heavy (non-hydrogen) atoms. The minimum absolute atomic E-state index is 0.368. The van der Waals surface area contributed by atoms with Gasteiger partial charge in [-0.3, -0.25) is 4.79 Å². The number of hydrogen-bond acceptors (Lipinski definition) is 5. The van der Waals surface area contributed by atoms with E-state index in [1.54, 1.807) is 24.4 Å². The van der Waals surface area contributed by atoms with E-state index in [-0.39, 0.29) is 5.91 Å². The maximum atomic E-state index is 12.6. The van der Waals surface area contributed by atoms with Crippen molar-refractivity contribution < 1.29 is 19.0 Å². The van der Waals surface area contributed by atoms with Gasteiger partial charge in [0.1, 0.15) is 12.4 Å². The molecule has 172 valence electrons. The van der Waals surface area contributed by atoms with Crippen LogP contribution in [0.3, 0.4) is 0 Å². The highest BCUT2D eigenvalue weighted by Gasteiger charge is 2.12. The lowest BCUT2D eigenvalue weighted by Crippen LogP contribution is -2.17. The average molecular weight is 576 g/mol. The summed E-state index contributed by atoms with van der Waals surface area (Å²) in [6.45, 7) is 3.00. The van der Waals surface area contributed by atoms with E-state index in [4.69, 9.17) is 14.2 Å². The second kappa shape index (κ2) is 12.4. The topological polar surface area (TPSA) is 69.2 Å². The molecule has 1 amide bonds. The number of carbonyl (C=O) groups excluding carboxylic acids is 1. The Morgan fingerprint density at radius 2 is 1.82 bits per heavy atom. The summed E-state index contributed by atoms with van der Waals surface area (Å²) >= 11 is 7.02. The Morgan fingerprint density at radius 1 is 1.03 bits per heavy atom. The van der Waals surface area contributed by atoms with Crippen molar-refractivity contribution in [2.24, 2.45) is 5.10 Å². The number of hydrazone groups is 1. The van der Waals surface area contributed by atoms with Crippen LogP contribution in [0.5, 0.6) is 17.2 Å². The summed E-state index contributed by atoms with van der Waals surface area (Å²) < 4.78 is 18.6. The highest BCUT2D eigenvalue weighted by Crippen LogP contribution is 2.33. The molecule has 0 spiro atoms. The standard InChI is InChI=1S/C25H24Br2N2O4/c1-3-11-32-22-10-9-18(13-23(22)31-2)25(30)29-28-15-19-12-20(26)14-21(27)24(19)33-16-17-7-5-4-6-8-17/h4-10,12-15H,3,11,16H2,1-2H3,(H,29,30)/b28-15+. The summed E-state index contributed by atoms with van der Waals surface area (Å²) in [7, 11) is 1.54. The number of nitrogens with one attached hydrogen (secondary N) is 1. The van der Waals surface area contributed by atoms with Gasteiger partial charge in [0.25, 0.3) is 5.91 Å². The third-order valence-corrected chi connectivity index (χ3v) is 5.57. The number of carbonyl (C=O) groups is 1. The normalized spacial score (nSPS) is 10.8. The van der Waals surface area contributed by atoms with Gasteiger partial charge in [-0.25, -0.2) is 5.43 Å². The van der Waals surface area contributed by atoms with Gasteiger partial charge in [0, 0.05) is 15.6 Å². The van der Waals surface area contributed by atoms with E-state index in [0.29, 0.717) is 41.6 Å². The Morgan fingerprint density at radius 3 is 2.55 bits per heavy atom. The maximum absolute atomic E-state index is 12.6. The zero-order valence-electron chi connectivity index (χ0n) is 18.3. The first-order chi connectivity index (χ1) is 16.0. The van der Waals surface area contributed by atoms with Gasteiger partial charge in [-0.1, -0.05) is 53.2 Å². The summed E-state index contributed by atoms with van der Waals surface area (Å²) in [5, 5.41) is 4.13. The minimum atomic E-state index is -0.368. The predicted molar refractivity (Wildman–Crippen MR) is 136 cm³/mol. The van der Waals surface area contributed by atoms with Crippen LogP contribution in [0.4, 0.5) is 0 Å². The van der Waals surface area contributed by atoms with Gasteiger partial charge >= 0.3 is 0 Å². The van der Waals surface area contributed by atoms with E-state index in [1.165, 1.54) is 7.11 Å². The number of halogens is 2. The smallest absolute Gasteiger partial charge is 0.271 e. The van der Waals surface area contributed by atoms with Crippen molar-refractivity contribution in [3.05, 3.63) is 86.3 Å². The fourth-order valence-electron chi connectivity index (χ4n) is 2.92. The quantitative estimate of drug-likeness (QED) is 0.226. The summed E-state index contributed by atoms with van der Waals surface area (Å²) in [5.41, 5.74) is 4.70. The number of amides is 1. The molecule has 0 unspecified atom stereocenters. The Bertz CT molecular complexity index is 1120. The van der Waals surface area contributed by atoms with E-state index < -0.39 is 0 Å². The van der Waals surface area contributed by atoms with Crippen molar-refractivity contribution in [1.29, 1.82) is 0 Å². The largest absolute Gasteiger partial charge is 0.493 e. The van der Waals surface area contributed by atoms with Gasteiger partial charge in [0.2, 0.25) is 0 Å². The molecule has 0 aliphatic rings. The number of methoxy groups -OCH3 is 1. The molecule has 3 aromatic rings. The molecule has 0 bridgehead atoms. The monoisotopic (exact) mass is 574 g/mol. The molecule has 0 fully saturated rings. The second-order valence-corrected chi connectivity index (χ2v) is 8.76. The van der Waals surface area contributed by atoms with Crippen molar-refractivity contribution in [3.63, 3.8) is 0 Å². The van der Waals surface area contributed by atoms with Gasteiger partial charge in [-0.05, 0) is 58.2 Å². The van der Waals surface area contributed by atoms with Crippen molar-refractivity contribution in [2.45, 2.75) is 20.0 Å². The number of hydrogen-bond donors (Lipinski definition) is 1. The van der Waals surface area contributed by atoms with E-state index in [9.17, 15) is 4.79 Å². The summed E-state index contributed by atoms with van der Waals surface area (Å²) in [6, 6.07) is 18.6. The molecule has 6 nitrogen and oxygen atoms in total. The average Bonchev–Trinajstić information content (AvgIpc) is 2.82. The molecule has 0 saturated carbocycles. The second-order valence-electron chi connectivity index (χ2n) is 6.99. The van der Waals surface area contributed by atoms with Gasteiger partial charge < -0.3 is 14.2 Å². The highest BCUT2D eigenvalue weighted by molar-refractivity contribution is 9.11. The van der Waals surface area contributed by atoms with E-state index >= 15 is 0 Å². The fraction of sp³-hybridized carbons (Fsp3) is 0.200. The zero-order chi connectivity index (χ0) is 23.6. The molecule has 0 aliphatic heterocycles. The van der Waals surface area contributed by atoms with Crippen LogP contribution < -0.4 is 19.6 Å². The summed E-state index contributed by atoms with van der Waals surface area (Å²) in [5.74, 6) is 1.35. The number of ether oxygens (including phenoxy) is 3. The van der Waals surface area contributed by atoms with Crippen LogP contribution >= 0.6 is 31.9 Å². The molecule has 0 atom stereocenters. The SMILES string of the molecule is CCCOc1ccc(C(=O)N/N=C/c2cc(Br)cc(Br)c2OCc2ccccc2)cc1OC. The van der Waals surface area contributed by atoms with Gasteiger partial charge in [-0.2, -0.15) is 5.10 Å². The minimum Gasteiger partial charge on any atom is -0.493 e. The molecule has 0 saturated heterocycles. The molecule has 0 aromatic heterocycles. The van der Waals surface area contributed by atoms with E-state index in [0.717, 1.165) is 20.9 Å². The van der Waals surface area contributed by atoms with Crippen LogP contribution in [0.1, 0.15) is 34.8 Å². The van der Waals surface area contributed by atoms with E-state index in [1.807, 2.05) is 49.4 Å². The zero-order valence-corrected chi connectivity index (χ0v) is 21.5. The molecular formula is C25H24Br2N2O4. The molecule has 0 aliphatic carbocycles. The molecule has 0 radical (unpaired) electrons. The van der Waals surface area contributed by atoms with E-state index in [2.05, 4.69) is 42.4 Å². The molecule has 8 heteroatoms. The Kier molecular flexibility index (Phi) is 9.33. The molecule has 1 N–H and O–H groups in total. The Hall–Kier alpha value is -2.84. The first-order valence-electron chi connectivity index (χ1n) is 10.3. The van der Waals surface area contributed by atoms with Crippen LogP contribution in [-0.2, 0) is 6.61 Å². The first-order valence-corrected chi connectivity index (χ1v) is 11.9. The number of rotatable bonds is 10. The van der Waals surface area contributed by atoms with Crippen LogP contribution in [0.25, 0.3) is 0 Å². The van der Waals surface area contributed by atoms with Crippen LogP contribution in [0, 0.1) is 0 Å². The summed E-state index contributed by atoms with van der Waals surface area (Å²) in [4.78, 5) is 12.6.